The van der Waals surface area contributed by atoms with Crippen LogP contribution in [0.5, 0.6) is 0 Å². The fraction of sp³-hybridized carbons (Fsp3) is 0.0800. The maximum Gasteiger partial charge on any atom is 0.231 e. The van der Waals surface area contributed by atoms with Gasteiger partial charge in [0.2, 0.25) is 5.91 Å². The summed E-state index contributed by atoms with van der Waals surface area (Å²) >= 11 is 0. The summed E-state index contributed by atoms with van der Waals surface area (Å²) in [5.41, 5.74) is 2.76. The third-order valence-corrected chi connectivity index (χ3v) is 5.02. The average molecular weight is 369 g/mol. The SMILES string of the molecule is C[C@H](C(=O)Nc1cccc2ccccc12)c1ccc(-c2ccccc2)c(F)c1. The van der Waals surface area contributed by atoms with Crippen LogP contribution in [-0.2, 0) is 4.79 Å². The summed E-state index contributed by atoms with van der Waals surface area (Å²) in [4.78, 5) is 12.8. The molecule has 4 aromatic carbocycles. The molecule has 0 spiro atoms. The van der Waals surface area contributed by atoms with Crippen molar-refractivity contribution in [1.29, 1.82) is 0 Å². The zero-order chi connectivity index (χ0) is 19.5. The Labute approximate surface area is 163 Å². The van der Waals surface area contributed by atoms with Crippen LogP contribution in [0.25, 0.3) is 21.9 Å². The Morgan fingerprint density at radius 3 is 2.36 bits per heavy atom. The summed E-state index contributed by atoms with van der Waals surface area (Å²) in [6, 6.07) is 28.1. The number of rotatable bonds is 4. The standard InChI is InChI=1S/C25H20FNO/c1-17(20-14-15-21(23(26)16-20)18-8-3-2-4-9-18)25(28)27-24-13-7-11-19-10-5-6-12-22(19)24/h2-17H,1H3,(H,27,28)/t17-/m0/s1. The highest BCUT2D eigenvalue weighted by Gasteiger charge is 2.18. The van der Waals surface area contributed by atoms with E-state index in [2.05, 4.69) is 5.32 Å². The van der Waals surface area contributed by atoms with E-state index in [4.69, 9.17) is 0 Å². The van der Waals surface area contributed by atoms with Gasteiger partial charge in [0.25, 0.3) is 0 Å². The van der Waals surface area contributed by atoms with Crippen LogP contribution in [0, 0.1) is 5.82 Å². The lowest BCUT2D eigenvalue weighted by Gasteiger charge is -2.15. The average Bonchev–Trinajstić information content (AvgIpc) is 2.74. The Kier molecular flexibility index (Phi) is 4.90. The molecule has 1 amide bonds. The Morgan fingerprint density at radius 1 is 0.857 bits per heavy atom. The van der Waals surface area contributed by atoms with Crippen molar-refractivity contribution >= 4 is 22.4 Å². The van der Waals surface area contributed by atoms with Crippen LogP contribution in [0.15, 0.2) is 91.0 Å². The maximum absolute atomic E-state index is 14.7. The number of carbonyl (C=O) groups excluding carboxylic acids is 1. The van der Waals surface area contributed by atoms with E-state index in [1.54, 1.807) is 13.0 Å². The number of anilines is 1. The first-order valence-corrected chi connectivity index (χ1v) is 9.27. The van der Waals surface area contributed by atoms with Gasteiger partial charge in [-0.3, -0.25) is 4.79 Å². The topological polar surface area (TPSA) is 29.1 Å². The number of fused-ring (bicyclic) bond motifs is 1. The summed E-state index contributed by atoms with van der Waals surface area (Å²) in [6.45, 7) is 1.79. The molecule has 0 heterocycles. The van der Waals surface area contributed by atoms with Crippen molar-refractivity contribution in [3.05, 3.63) is 102 Å². The van der Waals surface area contributed by atoms with Gasteiger partial charge < -0.3 is 5.32 Å². The minimum absolute atomic E-state index is 0.164. The molecule has 0 aromatic heterocycles. The van der Waals surface area contributed by atoms with Gasteiger partial charge >= 0.3 is 0 Å². The second-order valence-electron chi connectivity index (χ2n) is 6.84. The minimum Gasteiger partial charge on any atom is -0.325 e. The van der Waals surface area contributed by atoms with Crippen molar-refractivity contribution in [2.24, 2.45) is 0 Å². The molecule has 4 rings (SSSR count). The van der Waals surface area contributed by atoms with E-state index >= 15 is 0 Å². The molecule has 2 nitrogen and oxygen atoms in total. The molecule has 0 bridgehead atoms. The summed E-state index contributed by atoms with van der Waals surface area (Å²) in [5, 5.41) is 5.03. The lowest BCUT2D eigenvalue weighted by Crippen LogP contribution is -2.19. The number of halogens is 1. The molecule has 0 aliphatic rings. The van der Waals surface area contributed by atoms with Gasteiger partial charge in [-0.25, -0.2) is 4.39 Å². The number of hydrogen-bond acceptors (Lipinski definition) is 1. The minimum atomic E-state index is -0.474. The summed E-state index contributed by atoms with van der Waals surface area (Å²) in [5.74, 6) is -0.963. The van der Waals surface area contributed by atoms with E-state index in [-0.39, 0.29) is 11.7 Å². The molecule has 0 fully saturated rings. The van der Waals surface area contributed by atoms with Crippen LogP contribution >= 0.6 is 0 Å². The number of carbonyl (C=O) groups is 1. The first-order chi connectivity index (χ1) is 13.6. The highest BCUT2D eigenvalue weighted by Crippen LogP contribution is 2.28. The predicted octanol–water partition coefficient (Wildman–Crippen LogP) is 6.39. The van der Waals surface area contributed by atoms with Crippen molar-refractivity contribution in [3.63, 3.8) is 0 Å². The molecular weight excluding hydrogens is 349 g/mol. The highest BCUT2D eigenvalue weighted by molar-refractivity contribution is 6.04. The van der Waals surface area contributed by atoms with Crippen molar-refractivity contribution in [3.8, 4) is 11.1 Å². The van der Waals surface area contributed by atoms with Gasteiger partial charge in [0.1, 0.15) is 5.82 Å². The maximum atomic E-state index is 14.7. The summed E-state index contributed by atoms with van der Waals surface area (Å²) < 4.78 is 14.7. The smallest absolute Gasteiger partial charge is 0.231 e. The van der Waals surface area contributed by atoms with E-state index in [1.165, 1.54) is 6.07 Å². The first kappa shape index (κ1) is 17.9. The number of amides is 1. The van der Waals surface area contributed by atoms with Gasteiger partial charge in [0, 0.05) is 16.6 Å². The predicted molar refractivity (Wildman–Crippen MR) is 113 cm³/mol. The molecule has 28 heavy (non-hydrogen) atoms. The second-order valence-corrected chi connectivity index (χ2v) is 6.84. The first-order valence-electron chi connectivity index (χ1n) is 9.27. The Hall–Kier alpha value is -3.46. The van der Waals surface area contributed by atoms with Crippen LogP contribution in [0.3, 0.4) is 0 Å². The van der Waals surface area contributed by atoms with Crippen LogP contribution in [0.2, 0.25) is 0 Å². The van der Waals surface area contributed by atoms with E-state index < -0.39 is 5.92 Å². The van der Waals surface area contributed by atoms with Crippen molar-refractivity contribution in [2.75, 3.05) is 5.32 Å². The van der Waals surface area contributed by atoms with E-state index in [9.17, 15) is 9.18 Å². The molecule has 4 aromatic rings. The number of hydrogen-bond donors (Lipinski definition) is 1. The van der Waals surface area contributed by atoms with Gasteiger partial charge in [0.05, 0.1) is 5.92 Å². The van der Waals surface area contributed by atoms with Crippen LogP contribution < -0.4 is 5.32 Å². The fourth-order valence-electron chi connectivity index (χ4n) is 3.38. The van der Waals surface area contributed by atoms with Crippen molar-refractivity contribution in [1.82, 2.24) is 0 Å². The quantitative estimate of drug-likeness (QED) is 0.444. The van der Waals surface area contributed by atoms with Crippen LogP contribution in [0.4, 0.5) is 10.1 Å². The Balaban J connectivity index is 1.58. The number of benzene rings is 4. The monoisotopic (exact) mass is 369 g/mol. The fourth-order valence-corrected chi connectivity index (χ4v) is 3.38. The van der Waals surface area contributed by atoms with Gasteiger partial charge in [-0.15, -0.1) is 0 Å². The lowest BCUT2D eigenvalue weighted by atomic mass is 9.96. The Bertz CT molecular complexity index is 1130. The molecule has 0 aliphatic heterocycles. The molecule has 0 aliphatic carbocycles. The lowest BCUT2D eigenvalue weighted by molar-refractivity contribution is -0.117. The summed E-state index contributed by atoms with van der Waals surface area (Å²) in [6.07, 6.45) is 0. The van der Waals surface area contributed by atoms with E-state index in [0.717, 1.165) is 22.0 Å². The third kappa shape index (κ3) is 3.52. The molecule has 0 unspecified atom stereocenters. The molecule has 0 saturated heterocycles. The summed E-state index contributed by atoms with van der Waals surface area (Å²) in [7, 11) is 0. The second kappa shape index (κ2) is 7.65. The van der Waals surface area contributed by atoms with Gasteiger partial charge in [-0.05, 0) is 35.6 Å². The zero-order valence-corrected chi connectivity index (χ0v) is 15.5. The highest BCUT2D eigenvalue weighted by atomic mass is 19.1. The van der Waals surface area contributed by atoms with E-state index in [0.29, 0.717) is 11.1 Å². The van der Waals surface area contributed by atoms with Gasteiger partial charge in [-0.1, -0.05) is 78.9 Å². The molecule has 0 saturated carbocycles. The number of nitrogens with one attached hydrogen (secondary N) is 1. The van der Waals surface area contributed by atoms with Crippen LogP contribution in [0.1, 0.15) is 18.4 Å². The third-order valence-electron chi connectivity index (χ3n) is 5.02. The van der Waals surface area contributed by atoms with E-state index in [1.807, 2.05) is 78.9 Å². The molecular formula is C25H20FNO. The van der Waals surface area contributed by atoms with Crippen LogP contribution in [-0.4, -0.2) is 5.91 Å². The Morgan fingerprint density at radius 2 is 1.57 bits per heavy atom. The molecule has 1 N–H and O–H groups in total. The molecule has 3 heteroatoms. The largest absolute Gasteiger partial charge is 0.325 e. The van der Waals surface area contributed by atoms with Gasteiger partial charge in [-0.2, -0.15) is 0 Å². The van der Waals surface area contributed by atoms with Gasteiger partial charge in [0.15, 0.2) is 0 Å². The molecule has 0 radical (unpaired) electrons. The normalized spacial score (nSPS) is 11.9. The van der Waals surface area contributed by atoms with Crippen molar-refractivity contribution in [2.45, 2.75) is 12.8 Å². The zero-order valence-electron chi connectivity index (χ0n) is 15.5. The van der Waals surface area contributed by atoms with Crippen molar-refractivity contribution < 1.29 is 9.18 Å². The molecule has 138 valence electrons. The molecule has 1 atom stereocenters.